The molecule has 4 nitrogen and oxygen atoms in total. The van der Waals surface area contributed by atoms with Gasteiger partial charge in [-0.2, -0.15) is 0 Å². The third-order valence-electron chi connectivity index (χ3n) is 4.64. The van der Waals surface area contributed by atoms with E-state index in [-0.39, 0.29) is 30.2 Å². The number of nitrogens with one attached hydrogen (secondary N) is 1. The summed E-state index contributed by atoms with van der Waals surface area (Å²) in [6.07, 6.45) is 1.99. The van der Waals surface area contributed by atoms with Crippen molar-refractivity contribution in [1.82, 2.24) is 15.2 Å². The lowest BCUT2D eigenvalue weighted by Crippen LogP contribution is -2.35. The Kier molecular flexibility index (Phi) is 5.33. The maximum Gasteiger partial charge on any atom is 0.230 e. The Hall–Kier alpha value is -0.880. The number of aromatic nitrogens is 1. The van der Waals surface area contributed by atoms with Crippen LogP contribution < -0.4 is 5.32 Å². The molecule has 4 rings (SSSR count). The summed E-state index contributed by atoms with van der Waals surface area (Å²) in [6.45, 7) is 3.44. The van der Waals surface area contributed by atoms with E-state index in [1.54, 1.807) is 11.3 Å². The van der Waals surface area contributed by atoms with Gasteiger partial charge in [0.25, 0.3) is 0 Å². The molecule has 120 valence electrons. The topological polar surface area (TPSA) is 45.2 Å². The van der Waals surface area contributed by atoms with Gasteiger partial charge in [-0.3, -0.25) is 4.79 Å². The van der Waals surface area contributed by atoms with E-state index in [0.717, 1.165) is 44.5 Å². The number of fused-ring (bicyclic) bond motifs is 1. The lowest BCUT2D eigenvalue weighted by molar-refractivity contribution is -0.135. The SMILES string of the molecule is Cl.Cl.O=C1N(Cc2cccc3ncsc23)CCC12CCNC2. The molecule has 2 aromatic rings. The summed E-state index contributed by atoms with van der Waals surface area (Å²) in [6, 6.07) is 6.18. The molecular formula is C15H19Cl2N3OS. The van der Waals surface area contributed by atoms with Gasteiger partial charge >= 0.3 is 0 Å². The first kappa shape index (κ1) is 17.5. The molecule has 2 saturated heterocycles. The maximum atomic E-state index is 12.7. The van der Waals surface area contributed by atoms with Crippen LogP contribution in [0.15, 0.2) is 23.7 Å². The van der Waals surface area contributed by atoms with Crippen molar-refractivity contribution >= 4 is 52.3 Å². The quantitative estimate of drug-likeness (QED) is 0.896. The Morgan fingerprint density at radius 3 is 2.95 bits per heavy atom. The van der Waals surface area contributed by atoms with Gasteiger partial charge in [-0.1, -0.05) is 12.1 Å². The number of hydrogen-bond acceptors (Lipinski definition) is 4. The smallest absolute Gasteiger partial charge is 0.230 e. The molecule has 1 aromatic carbocycles. The Morgan fingerprint density at radius 2 is 2.18 bits per heavy atom. The van der Waals surface area contributed by atoms with Crippen LogP contribution in [0.1, 0.15) is 18.4 Å². The first-order valence-electron chi connectivity index (χ1n) is 7.10. The molecule has 0 bridgehead atoms. The fourth-order valence-corrected chi connectivity index (χ4v) is 4.26. The number of amides is 1. The monoisotopic (exact) mass is 359 g/mol. The minimum atomic E-state index is -0.110. The van der Waals surface area contributed by atoms with Gasteiger partial charge in [-0.15, -0.1) is 36.2 Å². The van der Waals surface area contributed by atoms with Crippen LogP contribution in [0.4, 0.5) is 0 Å². The zero-order chi connectivity index (χ0) is 13.6. The lowest BCUT2D eigenvalue weighted by Gasteiger charge is -2.22. The van der Waals surface area contributed by atoms with Crippen molar-refractivity contribution in [2.75, 3.05) is 19.6 Å². The highest BCUT2D eigenvalue weighted by molar-refractivity contribution is 7.16. The summed E-state index contributed by atoms with van der Waals surface area (Å²) in [5, 5.41) is 3.34. The van der Waals surface area contributed by atoms with Crippen LogP contribution in [0.5, 0.6) is 0 Å². The van der Waals surface area contributed by atoms with Gasteiger partial charge in [-0.05, 0) is 31.0 Å². The second kappa shape index (κ2) is 6.71. The zero-order valence-corrected chi connectivity index (χ0v) is 14.5. The zero-order valence-electron chi connectivity index (χ0n) is 12.1. The molecule has 0 aliphatic carbocycles. The van der Waals surface area contributed by atoms with Crippen molar-refractivity contribution in [3.63, 3.8) is 0 Å². The van der Waals surface area contributed by atoms with E-state index < -0.39 is 0 Å². The molecule has 1 aromatic heterocycles. The summed E-state index contributed by atoms with van der Waals surface area (Å²) in [4.78, 5) is 19.1. The van der Waals surface area contributed by atoms with E-state index in [4.69, 9.17) is 0 Å². The largest absolute Gasteiger partial charge is 0.338 e. The van der Waals surface area contributed by atoms with Gasteiger partial charge in [0.15, 0.2) is 0 Å². The second-order valence-corrected chi connectivity index (χ2v) is 6.66. The highest BCUT2D eigenvalue weighted by atomic mass is 35.5. The number of likely N-dealkylation sites (tertiary alicyclic amines) is 1. The molecular weight excluding hydrogens is 341 g/mol. The normalized spacial score (nSPS) is 23.8. The van der Waals surface area contributed by atoms with Crippen LogP contribution in [0, 0.1) is 5.41 Å². The minimum absolute atomic E-state index is 0. The number of rotatable bonds is 2. The van der Waals surface area contributed by atoms with E-state index in [9.17, 15) is 4.79 Å². The van der Waals surface area contributed by atoms with Gasteiger partial charge in [-0.25, -0.2) is 4.98 Å². The maximum absolute atomic E-state index is 12.7. The first-order valence-corrected chi connectivity index (χ1v) is 7.98. The van der Waals surface area contributed by atoms with E-state index in [1.165, 1.54) is 10.3 Å². The Morgan fingerprint density at radius 1 is 1.32 bits per heavy atom. The van der Waals surface area contributed by atoms with Crippen LogP contribution in [-0.2, 0) is 11.3 Å². The highest BCUT2D eigenvalue weighted by Crippen LogP contribution is 2.38. The van der Waals surface area contributed by atoms with Crippen molar-refractivity contribution in [1.29, 1.82) is 0 Å². The highest BCUT2D eigenvalue weighted by Gasteiger charge is 2.48. The number of thiazole rings is 1. The molecule has 2 aliphatic rings. The van der Waals surface area contributed by atoms with Gasteiger partial charge in [0, 0.05) is 19.6 Å². The number of nitrogens with zero attached hydrogens (tertiary/aromatic N) is 2. The molecule has 3 heterocycles. The number of halogens is 2. The van der Waals surface area contributed by atoms with Crippen LogP contribution in [0.3, 0.4) is 0 Å². The first-order chi connectivity index (χ1) is 9.78. The van der Waals surface area contributed by atoms with E-state index in [1.807, 2.05) is 22.5 Å². The minimum Gasteiger partial charge on any atom is -0.338 e. The third-order valence-corrected chi connectivity index (χ3v) is 5.56. The predicted molar refractivity (Wildman–Crippen MR) is 94.1 cm³/mol. The molecule has 1 unspecified atom stereocenters. The van der Waals surface area contributed by atoms with Gasteiger partial charge in [0.05, 0.1) is 21.1 Å². The number of hydrogen-bond donors (Lipinski definition) is 1. The Labute approximate surface area is 146 Å². The second-order valence-electron chi connectivity index (χ2n) is 5.80. The van der Waals surface area contributed by atoms with Crippen molar-refractivity contribution in [2.45, 2.75) is 19.4 Å². The van der Waals surface area contributed by atoms with Gasteiger partial charge in [0.1, 0.15) is 0 Å². The summed E-state index contributed by atoms with van der Waals surface area (Å²) < 4.78 is 1.21. The standard InChI is InChI=1S/C15H17N3OS.2ClH/c19-14-15(4-6-16-9-15)5-7-18(14)8-11-2-1-3-12-13(11)20-10-17-12;;/h1-3,10,16H,4-9H2;2*1H. The van der Waals surface area contributed by atoms with Gasteiger partial charge < -0.3 is 10.2 Å². The van der Waals surface area contributed by atoms with Crippen LogP contribution in [-0.4, -0.2) is 35.4 Å². The Balaban J connectivity index is 0.000000882. The number of carbonyl (C=O) groups excluding carboxylic acids is 1. The average Bonchev–Trinajstić information content (AvgIpc) is 3.17. The summed E-state index contributed by atoms with van der Waals surface area (Å²) in [5.41, 5.74) is 4.03. The molecule has 7 heteroatoms. The average molecular weight is 360 g/mol. The summed E-state index contributed by atoms with van der Waals surface area (Å²) in [7, 11) is 0. The summed E-state index contributed by atoms with van der Waals surface area (Å²) >= 11 is 1.66. The molecule has 0 radical (unpaired) electrons. The molecule has 2 fully saturated rings. The van der Waals surface area contributed by atoms with Crippen molar-refractivity contribution in [3.05, 3.63) is 29.3 Å². The number of benzene rings is 1. The van der Waals surface area contributed by atoms with Crippen molar-refractivity contribution in [2.24, 2.45) is 5.41 Å². The fraction of sp³-hybridized carbons (Fsp3) is 0.467. The lowest BCUT2D eigenvalue weighted by atomic mass is 9.86. The summed E-state index contributed by atoms with van der Waals surface area (Å²) in [5.74, 6) is 0.337. The van der Waals surface area contributed by atoms with E-state index in [2.05, 4.69) is 16.4 Å². The Bertz CT molecular complexity index is 670. The van der Waals surface area contributed by atoms with Crippen molar-refractivity contribution in [3.8, 4) is 0 Å². The molecule has 1 spiro atoms. The van der Waals surface area contributed by atoms with Crippen molar-refractivity contribution < 1.29 is 4.79 Å². The van der Waals surface area contributed by atoms with Crippen LogP contribution in [0.2, 0.25) is 0 Å². The van der Waals surface area contributed by atoms with Crippen LogP contribution in [0.25, 0.3) is 10.2 Å². The molecule has 1 amide bonds. The molecule has 1 atom stereocenters. The molecule has 2 aliphatic heterocycles. The van der Waals surface area contributed by atoms with E-state index >= 15 is 0 Å². The number of carbonyl (C=O) groups is 1. The molecule has 22 heavy (non-hydrogen) atoms. The fourth-order valence-electron chi connectivity index (χ4n) is 3.46. The van der Waals surface area contributed by atoms with E-state index in [0.29, 0.717) is 5.91 Å². The molecule has 0 saturated carbocycles. The third kappa shape index (κ3) is 2.71. The van der Waals surface area contributed by atoms with Crippen LogP contribution >= 0.6 is 36.2 Å². The predicted octanol–water partition coefficient (Wildman–Crippen LogP) is 2.85. The molecule has 1 N–H and O–H groups in total. The van der Waals surface area contributed by atoms with Gasteiger partial charge in [0.2, 0.25) is 5.91 Å².